The maximum absolute atomic E-state index is 14.0. The van der Waals surface area contributed by atoms with Gasteiger partial charge < -0.3 is 9.47 Å². The summed E-state index contributed by atoms with van der Waals surface area (Å²) in [5, 5.41) is 9.11. The molecule has 0 radical (unpaired) electrons. The van der Waals surface area contributed by atoms with Crippen LogP contribution in [0, 0.1) is 17.1 Å². The Morgan fingerprint density at radius 2 is 1.90 bits per heavy atom. The molecule has 0 atom stereocenters. The fourth-order valence-electron chi connectivity index (χ4n) is 1.99. The average molecular weight is 285 g/mol. The minimum absolute atomic E-state index is 0.0671. The molecule has 0 spiro atoms. The average Bonchev–Trinajstić information content (AvgIpc) is 2.47. The van der Waals surface area contributed by atoms with E-state index in [-0.39, 0.29) is 11.9 Å². The van der Waals surface area contributed by atoms with Crippen molar-refractivity contribution in [3.8, 4) is 28.7 Å². The fraction of sp³-hybridized carbons (Fsp3) is 0.235. The van der Waals surface area contributed by atoms with Gasteiger partial charge in [-0.25, -0.2) is 4.39 Å². The monoisotopic (exact) mass is 285 g/mol. The molecule has 0 aromatic heterocycles. The van der Waals surface area contributed by atoms with Crippen molar-refractivity contribution >= 4 is 0 Å². The third-order valence-electron chi connectivity index (χ3n) is 2.95. The highest BCUT2D eigenvalue weighted by Gasteiger charge is 2.11. The molecule has 0 N–H and O–H groups in total. The van der Waals surface area contributed by atoms with E-state index in [1.165, 1.54) is 13.2 Å². The summed E-state index contributed by atoms with van der Waals surface area (Å²) in [4.78, 5) is 0. The fourth-order valence-corrected chi connectivity index (χ4v) is 1.99. The van der Waals surface area contributed by atoms with Crippen molar-refractivity contribution in [3.05, 3.63) is 47.8 Å². The van der Waals surface area contributed by atoms with Gasteiger partial charge in [-0.05, 0) is 49.7 Å². The van der Waals surface area contributed by atoms with E-state index in [4.69, 9.17) is 14.7 Å². The quantitative estimate of drug-likeness (QED) is 0.847. The molecule has 2 aromatic carbocycles. The first-order chi connectivity index (χ1) is 10.0. The minimum Gasteiger partial charge on any atom is -0.497 e. The summed E-state index contributed by atoms with van der Waals surface area (Å²) in [5.74, 6) is 0.672. The molecule has 21 heavy (non-hydrogen) atoms. The van der Waals surface area contributed by atoms with Gasteiger partial charge in [-0.1, -0.05) is 6.07 Å². The Hall–Kier alpha value is -2.54. The summed E-state index contributed by atoms with van der Waals surface area (Å²) in [6.45, 7) is 3.75. The molecule has 3 nitrogen and oxygen atoms in total. The van der Waals surface area contributed by atoms with Gasteiger partial charge in [-0.3, -0.25) is 0 Å². The van der Waals surface area contributed by atoms with Gasteiger partial charge in [0.2, 0.25) is 0 Å². The molecule has 0 bridgehead atoms. The van der Waals surface area contributed by atoms with Crippen LogP contribution in [-0.2, 0) is 0 Å². The molecular weight excluding hydrogens is 269 g/mol. The predicted molar refractivity (Wildman–Crippen MR) is 78.9 cm³/mol. The Bertz CT molecular complexity index is 690. The number of halogens is 1. The first-order valence-corrected chi connectivity index (χ1v) is 6.60. The second-order valence-electron chi connectivity index (χ2n) is 4.84. The second-order valence-corrected chi connectivity index (χ2v) is 4.84. The standard InChI is InChI=1S/C17H16FNO2/c1-11(2)21-17-8-12(4-5-13(17)10-19)15-9-14(20-3)6-7-16(15)18/h4-9,11H,1-3H3. The number of methoxy groups -OCH3 is 1. The van der Waals surface area contributed by atoms with Crippen molar-refractivity contribution in [3.63, 3.8) is 0 Å². The highest BCUT2D eigenvalue weighted by Crippen LogP contribution is 2.31. The molecule has 2 aromatic rings. The van der Waals surface area contributed by atoms with E-state index in [2.05, 4.69) is 6.07 Å². The van der Waals surface area contributed by atoms with Crippen LogP contribution in [-0.4, -0.2) is 13.2 Å². The molecule has 0 fully saturated rings. The van der Waals surface area contributed by atoms with Crippen molar-refractivity contribution in [1.82, 2.24) is 0 Å². The second kappa shape index (κ2) is 6.27. The highest BCUT2D eigenvalue weighted by atomic mass is 19.1. The molecule has 0 saturated heterocycles. The number of ether oxygens (including phenoxy) is 2. The van der Waals surface area contributed by atoms with Crippen LogP contribution < -0.4 is 9.47 Å². The van der Waals surface area contributed by atoms with E-state index < -0.39 is 0 Å². The lowest BCUT2D eigenvalue weighted by Gasteiger charge is -2.13. The van der Waals surface area contributed by atoms with E-state index in [1.807, 2.05) is 13.8 Å². The summed E-state index contributed by atoms with van der Waals surface area (Å²) in [7, 11) is 1.53. The number of hydrogen-bond donors (Lipinski definition) is 0. The van der Waals surface area contributed by atoms with Gasteiger partial charge >= 0.3 is 0 Å². The van der Waals surface area contributed by atoms with Gasteiger partial charge in [-0.15, -0.1) is 0 Å². The van der Waals surface area contributed by atoms with Crippen molar-refractivity contribution in [2.24, 2.45) is 0 Å². The lowest BCUT2D eigenvalue weighted by atomic mass is 10.0. The number of rotatable bonds is 4. The summed E-state index contributed by atoms with van der Waals surface area (Å²) in [6.07, 6.45) is -0.0671. The lowest BCUT2D eigenvalue weighted by Crippen LogP contribution is -2.07. The molecule has 0 unspecified atom stereocenters. The van der Waals surface area contributed by atoms with Gasteiger partial charge in [0.25, 0.3) is 0 Å². The van der Waals surface area contributed by atoms with Gasteiger partial charge in [0.15, 0.2) is 0 Å². The van der Waals surface area contributed by atoms with Gasteiger partial charge in [0, 0.05) is 5.56 Å². The van der Waals surface area contributed by atoms with Crippen LogP contribution in [0.1, 0.15) is 19.4 Å². The van der Waals surface area contributed by atoms with E-state index in [9.17, 15) is 4.39 Å². The van der Waals surface area contributed by atoms with E-state index in [0.717, 1.165) is 0 Å². The highest BCUT2D eigenvalue weighted by molar-refractivity contribution is 5.69. The lowest BCUT2D eigenvalue weighted by molar-refractivity contribution is 0.242. The Morgan fingerprint density at radius 1 is 1.14 bits per heavy atom. The van der Waals surface area contributed by atoms with Crippen LogP contribution in [0.4, 0.5) is 4.39 Å². The zero-order valence-electron chi connectivity index (χ0n) is 12.2. The summed E-state index contributed by atoms with van der Waals surface area (Å²) < 4.78 is 24.7. The molecule has 2 rings (SSSR count). The SMILES string of the molecule is COc1ccc(F)c(-c2ccc(C#N)c(OC(C)C)c2)c1. The van der Waals surface area contributed by atoms with E-state index in [0.29, 0.717) is 28.2 Å². The zero-order valence-corrected chi connectivity index (χ0v) is 12.2. The van der Waals surface area contributed by atoms with Crippen molar-refractivity contribution in [1.29, 1.82) is 5.26 Å². The number of nitrogens with zero attached hydrogens (tertiary/aromatic N) is 1. The third-order valence-corrected chi connectivity index (χ3v) is 2.95. The first kappa shape index (κ1) is 14.9. The summed E-state index contributed by atoms with van der Waals surface area (Å²) in [6, 6.07) is 11.6. The predicted octanol–water partition coefficient (Wildman–Crippen LogP) is 4.16. The largest absolute Gasteiger partial charge is 0.497 e. The Labute approximate surface area is 123 Å². The molecule has 4 heteroatoms. The number of benzene rings is 2. The Kier molecular flexibility index (Phi) is 4.44. The molecule has 108 valence electrons. The summed E-state index contributed by atoms with van der Waals surface area (Å²) >= 11 is 0. The van der Waals surface area contributed by atoms with Crippen molar-refractivity contribution < 1.29 is 13.9 Å². The van der Waals surface area contributed by atoms with Gasteiger partial charge in [0.1, 0.15) is 23.4 Å². The topological polar surface area (TPSA) is 42.2 Å². The molecule has 0 amide bonds. The van der Waals surface area contributed by atoms with E-state index >= 15 is 0 Å². The maximum Gasteiger partial charge on any atom is 0.138 e. The van der Waals surface area contributed by atoms with Crippen LogP contribution in [0.3, 0.4) is 0 Å². The Balaban J connectivity index is 2.52. The molecule has 0 aliphatic heterocycles. The molecule has 0 aliphatic carbocycles. The van der Waals surface area contributed by atoms with E-state index in [1.54, 1.807) is 30.3 Å². The first-order valence-electron chi connectivity index (χ1n) is 6.60. The molecular formula is C17H16FNO2. The van der Waals surface area contributed by atoms with Crippen molar-refractivity contribution in [2.45, 2.75) is 20.0 Å². The Morgan fingerprint density at radius 3 is 2.52 bits per heavy atom. The maximum atomic E-state index is 14.0. The smallest absolute Gasteiger partial charge is 0.138 e. The normalized spacial score (nSPS) is 10.3. The van der Waals surface area contributed by atoms with Crippen LogP contribution in [0.2, 0.25) is 0 Å². The third kappa shape index (κ3) is 3.32. The van der Waals surface area contributed by atoms with Crippen LogP contribution >= 0.6 is 0 Å². The van der Waals surface area contributed by atoms with Crippen molar-refractivity contribution in [2.75, 3.05) is 7.11 Å². The summed E-state index contributed by atoms with van der Waals surface area (Å²) in [5.41, 5.74) is 1.48. The van der Waals surface area contributed by atoms with Gasteiger partial charge in [0.05, 0.1) is 18.8 Å². The number of nitriles is 1. The molecule has 0 aliphatic rings. The molecule has 0 heterocycles. The molecule has 0 saturated carbocycles. The van der Waals surface area contributed by atoms with Crippen LogP contribution in [0.15, 0.2) is 36.4 Å². The number of hydrogen-bond acceptors (Lipinski definition) is 3. The van der Waals surface area contributed by atoms with Gasteiger partial charge in [-0.2, -0.15) is 5.26 Å². The minimum atomic E-state index is -0.351. The zero-order chi connectivity index (χ0) is 15.4. The van der Waals surface area contributed by atoms with Crippen LogP contribution in [0.5, 0.6) is 11.5 Å². The van der Waals surface area contributed by atoms with Crippen LogP contribution in [0.25, 0.3) is 11.1 Å².